The number of rotatable bonds is 12. The molecular formula is C42H55NO6. The summed E-state index contributed by atoms with van der Waals surface area (Å²) >= 11 is 0. The second kappa shape index (κ2) is 12.8. The minimum absolute atomic E-state index is 0.0321. The van der Waals surface area contributed by atoms with Gasteiger partial charge in [0.15, 0.2) is 5.78 Å². The molecule has 1 unspecified atom stereocenters. The van der Waals surface area contributed by atoms with Crippen LogP contribution < -0.4 is 0 Å². The Bertz CT molecular complexity index is 1610. The Kier molecular flexibility index (Phi) is 9.11. The van der Waals surface area contributed by atoms with Crippen molar-refractivity contribution in [2.24, 2.45) is 33.5 Å². The summed E-state index contributed by atoms with van der Waals surface area (Å²) in [6.45, 7) is 6.23. The van der Waals surface area contributed by atoms with Crippen LogP contribution in [0.1, 0.15) is 75.6 Å². The molecule has 6 aliphatic rings. The largest absolute Gasteiger partial charge is 0.394 e. The number of aliphatic hydroxyl groups is 4. The number of aliphatic hydroxyl groups excluding tert-OH is 3. The lowest BCUT2D eigenvalue weighted by molar-refractivity contribution is -0.177. The van der Waals surface area contributed by atoms with Crippen LogP contribution in [0.15, 0.2) is 78.4 Å². The number of fused-ring (bicyclic) bond motifs is 1. The molecule has 7 nitrogen and oxygen atoms in total. The lowest BCUT2D eigenvalue weighted by atomic mass is 9.32. The predicted octanol–water partition coefficient (Wildman–Crippen LogP) is 5.82. The maximum atomic E-state index is 15.3. The summed E-state index contributed by atoms with van der Waals surface area (Å²) in [5.74, 6) is 0.298. The van der Waals surface area contributed by atoms with E-state index < -0.39 is 34.1 Å². The quantitative estimate of drug-likeness (QED) is 0.128. The minimum Gasteiger partial charge on any atom is -0.394 e. The summed E-state index contributed by atoms with van der Waals surface area (Å²) in [5.41, 5.74) is 0.894. The summed E-state index contributed by atoms with van der Waals surface area (Å²) in [7, 11) is 1.68. The van der Waals surface area contributed by atoms with Gasteiger partial charge in [-0.1, -0.05) is 86.7 Å². The Balaban J connectivity index is 1.33. The maximum Gasteiger partial charge on any atom is 0.190 e. The molecule has 3 saturated carbocycles. The fourth-order valence-corrected chi connectivity index (χ4v) is 11.7. The van der Waals surface area contributed by atoms with Gasteiger partial charge in [-0.2, -0.15) is 0 Å². The summed E-state index contributed by atoms with van der Waals surface area (Å²) in [4.78, 5) is 17.4. The van der Waals surface area contributed by atoms with Gasteiger partial charge < -0.3 is 25.2 Å². The van der Waals surface area contributed by atoms with Gasteiger partial charge in [0.1, 0.15) is 0 Å². The zero-order valence-corrected chi connectivity index (χ0v) is 29.5. The van der Waals surface area contributed by atoms with E-state index in [0.29, 0.717) is 38.1 Å². The van der Waals surface area contributed by atoms with Crippen LogP contribution in [0.25, 0.3) is 11.1 Å². The highest BCUT2D eigenvalue weighted by atomic mass is 16.5. The van der Waals surface area contributed by atoms with E-state index in [4.69, 9.17) is 4.74 Å². The Morgan fingerprint density at radius 1 is 0.959 bits per heavy atom. The number of ether oxygens (including phenoxy) is 1. The van der Waals surface area contributed by atoms with Crippen molar-refractivity contribution in [2.45, 2.75) is 83.0 Å². The molecule has 0 radical (unpaired) electrons. The van der Waals surface area contributed by atoms with Gasteiger partial charge in [0.2, 0.25) is 0 Å². The molecule has 0 saturated heterocycles. The number of methoxy groups -OCH3 is 1. The van der Waals surface area contributed by atoms with Gasteiger partial charge in [0.25, 0.3) is 0 Å². The van der Waals surface area contributed by atoms with Gasteiger partial charge in [0, 0.05) is 60.7 Å². The molecule has 2 aromatic rings. The van der Waals surface area contributed by atoms with E-state index in [1.807, 2.05) is 42.5 Å². The summed E-state index contributed by atoms with van der Waals surface area (Å²) in [6, 6.07) is 18.1. The smallest absolute Gasteiger partial charge is 0.190 e. The van der Waals surface area contributed by atoms with E-state index in [1.54, 1.807) is 7.11 Å². The molecule has 2 aromatic carbocycles. The zero-order chi connectivity index (χ0) is 34.7. The fraction of sp³-hybridized carbons (Fsp3) is 0.595. The summed E-state index contributed by atoms with van der Waals surface area (Å²) in [5, 5.41) is 44.1. The van der Waals surface area contributed by atoms with Crippen molar-refractivity contribution < 1.29 is 30.0 Å². The molecular weight excluding hydrogens is 614 g/mol. The SMILES string of the molecule is COCCCN(C[C@H](O)CO)C[C@]1(O)CC[C@H]2[C@]34C=C[C@@]5(C=C3C(=O)c3ccccc3-c3ccccc3)CC(O)CC[C@]5(C)[C@H]4CC[C@@]21C. The van der Waals surface area contributed by atoms with Crippen LogP contribution in [0, 0.1) is 33.5 Å². The third-order valence-corrected chi connectivity index (χ3v) is 14.2. The first kappa shape index (κ1) is 34.8. The van der Waals surface area contributed by atoms with E-state index in [1.165, 1.54) is 0 Å². The minimum atomic E-state index is -1.04. The molecule has 9 atom stereocenters. The van der Waals surface area contributed by atoms with Crippen LogP contribution >= 0.6 is 0 Å². The van der Waals surface area contributed by atoms with E-state index in [9.17, 15) is 20.4 Å². The highest BCUT2D eigenvalue weighted by Gasteiger charge is 2.74. The van der Waals surface area contributed by atoms with Crippen LogP contribution in [-0.4, -0.2) is 88.9 Å². The van der Waals surface area contributed by atoms with Crippen LogP contribution in [0.4, 0.5) is 0 Å². The molecule has 7 heteroatoms. The molecule has 0 heterocycles. The van der Waals surface area contributed by atoms with Crippen molar-refractivity contribution in [3.05, 3.63) is 84.0 Å². The van der Waals surface area contributed by atoms with Crippen LogP contribution in [0.2, 0.25) is 0 Å². The lowest BCUT2D eigenvalue weighted by Crippen LogP contribution is -2.67. The molecule has 3 fully saturated rings. The molecule has 8 rings (SSSR count). The molecule has 0 aliphatic heterocycles. The van der Waals surface area contributed by atoms with E-state index in [-0.39, 0.29) is 36.2 Å². The number of hydrogen-bond donors (Lipinski definition) is 4. The molecule has 6 aliphatic carbocycles. The van der Waals surface area contributed by atoms with E-state index in [0.717, 1.165) is 55.2 Å². The van der Waals surface area contributed by atoms with Crippen molar-refractivity contribution in [3.8, 4) is 11.1 Å². The normalized spacial score (nSPS) is 38.1. The van der Waals surface area contributed by atoms with Gasteiger partial charge in [0.05, 0.1) is 24.4 Å². The Hall–Kier alpha value is -2.65. The van der Waals surface area contributed by atoms with Crippen molar-refractivity contribution >= 4 is 5.78 Å². The summed E-state index contributed by atoms with van der Waals surface area (Å²) < 4.78 is 5.32. The number of carbonyl (C=O) groups is 1. The van der Waals surface area contributed by atoms with Gasteiger partial charge in [-0.3, -0.25) is 9.69 Å². The van der Waals surface area contributed by atoms with Crippen LogP contribution in [-0.2, 0) is 4.74 Å². The number of allylic oxidation sites excluding steroid dienone is 4. The first-order valence-corrected chi connectivity index (χ1v) is 18.5. The standard InChI is InChI=1S/C42H55NO6/c1-38-17-14-30(45)24-40(38)20-21-42(34(25-40)37(47)33-13-8-7-12-32(33)29-10-5-4-6-11-29)35(38)15-18-39(2)36(42)16-19-41(39,48)28-43(22-9-23-49-3)26-31(46)27-44/h4-8,10-13,20-21,25,30-31,35-36,44-46,48H,9,14-19,22-24,26-28H2,1-3H3/t30?,31-,35+,36+,38+,39-,40-,41+,42+/m0/s1. The second-order valence-corrected chi connectivity index (χ2v) is 16.5. The number of carbonyl (C=O) groups excluding carboxylic acids is 1. The van der Waals surface area contributed by atoms with Crippen LogP contribution in [0.5, 0.6) is 0 Å². The molecule has 264 valence electrons. The first-order chi connectivity index (χ1) is 23.5. The first-order valence-electron chi connectivity index (χ1n) is 18.5. The topological polar surface area (TPSA) is 110 Å². The lowest BCUT2D eigenvalue weighted by Gasteiger charge is -2.71. The Morgan fingerprint density at radius 3 is 2.41 bits per heavy atom. The highest BCUT2D eigenvalue weighted by molar-refractivity contribution is 6.14. The number of ketones is 1. The van der Waals surface area contributed by atoms with Crippen molar-refractivity contribution in [2.75, 3.05) is 40.0 Å². The molecule has 0 amide bonds. The Morgan fingerprint density at radius 2 is 1.65 bits per heavy atom. The van der Waals surface area contributed by atoms with Crippen molar-refractivity contribution in [3.63, 3.8) is 0 Å². The zero-order valence-electron chi connectivity index (χ0n) is 29.5. The van der Waals surface area contributed by atoms with Crippen molar-refractivity contribution in [1.82, 2.24) is 4.90 Å². The number of Topliss-reactive ketones (excluding diaryl/α,β-unsaturated/α-hetero) is 1. The Labute approximate surface area is 291 Å². The number of hydrogen-bond acceptors (Lipinski definition) is 7. The predicted molar refractivity (Wildman–Crippen MR) is 191 cm³/mol. The van der Waals surface area contributed by atoms with E-state index >= 15 is 4.79 Å². The van der Waals surface area contributed by atoms with Gasteiger partial charge in [-0.05, 0) is 79.7 Å². The van der Waals surface area contributed by atoms with Gasteiger partial charge in [-0.25, -0.2) is 0 Å². The second-order valence-electron chi connectivity index (χ2n) is 16.5. The van der Waals surface area contributed by atoms with E-state index in [2.05, 4.69) is 49.1 Å². The van der Waals surface area contributed by atoms with Crippen LogP contribution in [0.3, 0.4) is 0 Å². The number of nitrogens with zero attached hydrogens (tertiary/aromatic N) is 1. The summed E-state index contributed by atoms with van der Waals surface area (Å²) in [6.07, 6.45) is 11.9. The average molecular weight is 670 g/mol. The third-order valence-electron chi connectivity index (χ3n) is 14.2. The molecule has 4 N–H and O–H groups in total. The number of benzene rings is 2. The van der Waals surface area contributed by atoms with Gasteiger partial charge in [-0.15, -0.1) is 0 Å². The highest BCUT2D eigenvalue weighted by Crippen LogP contribution is 2.78. The maximum absolute atomic E-state index is 15.3. The van der Waals surface area contributed by atoms with Crippen molar-refractivity contribution in [1.29, 1.82) is 0 Å². The molecule has 2 bridgehead atoms. The fourth-order valence-electron chi connectivity index (χ4n) is 11.7. The third kappa shape index (κ3) is 5.25. The monoisotopic (exact) mass is 669 g/mol. The molecule has 0 aromatic heterocycles. The molecule has 49 heavy (non-hydrogen) atoms. The van der Waals surface area contributed by atoms with Gasteiger partial charge >= 0.3 is 0 Å². The molecule has 2 spiro atoms. The average Bonchev–Trinajstić information content (AvgIpc) is 3.38.